The number of hydrogen-bond donors (Lipinski definition) is 2. The summed E-state index contributed by atoms with van der Waals surface area (Å²) >= 11 is 0. The Morgan fingerprint density at radius 2 is 2.05 bits per heavy atom. The van der Waals surface area contributed by atoms with E-state index in [0.29, 0.717) is 11.9 Å². The number of tetrazole rings is 1. The molecule has 5 nitrogen and oxygen atoms in total. The number of nitrogens with zero attached hydrogens (tertiary/aromatic N) is 3. The third-order valence-corrected chi connectivity index (χ3v) is 3.25. The van der Waals surface area contributed by atoms with Crippen LogP contribution < -0.4 is 5.32 Å². The van der Waals surface area contributed by atoms with E-state index in [2.05, 4.69) is 64.1 Å². The number of hydrogen-bond acceptors (Lipinski definition) is 4. The maximum absolute atomic E-state index is 4.03. The van der Waals surface area contributed by atoms with E-state index >= 15 is 0 Å². The van der Waals surface area contributed by atoms with Gasteiger partial charge in [0.25, 0.3) is 0 Å². The summed E-state index contributed by atoms with van der Waals surface area (Å²) < 4.78 is 0. The van der Waals surface area contributed by atoms with Crippen molar-refractivity contribution in [2.75, 3.05) is 0 Å². The van der Waals surface area contributed by atoms with Gasteiger partial charge >= 0.3 is 0 Å². The first-order valence-corrected chi connectivity index (χ1v) is 6.85. The van der Waals surface area contributed by atoms with E-state index in [0.717, 1.165) is 6.42 Å². The minimum Gasteiger partial charge on any atom is -0.300 e. The molecule has 2 rings (SSSR count). The van der Waals surface area contributed by atoms with E-state index in [-0.39, 0.29) is 6.04 Å². The molecule has 0 spiro atoms. The monoisotopic (exact) mass is 259 g/mol. The van der Waals surface area contributed by atoms with Gasteiger partial charge in [0.05, 0.1) is 6.04 Å². The normalized spacial score (nSPS) is 14.2. The number of benzene rings is 1. The fourth-order valence-corrected chi connectivity index (χ4v) is 2.17. The first-order valence-electron chi connectivity index (χ1n) is 6.85. The molecule has 2 aromatic rings. The van der Waals surface area contributed by atoms with Crippen molar-refractivity contribution in [2.45, 2.75) is 45.2 Å². The van der Waals surface area contributed by atoms with Crippen molar-refractivity contribution < 1.29 is 0 Å². The molecule has 1 aromatic carbocycles. The Morgan fingerprint density at radius 3 is 2.68 bits per heavy atom. The second kappa shape index (κ2) is 6.99. The van der Waals surface area contributed by atoms with Crippen LogP contribution in [0.25, 0.3) is 0 Å². The second-order valence-electron chi connectivity index (χ2n) is 4.76. The van der Waals surface area contributed by atoms with Crippen LogP contribution in [0.15, 0.2) is 30.3 Å². The summed E-state index contributed by atoms with van der Waals surface area (Å²) in [7, 11) is 0. The predicted molar refractivity (Wildman–Crippen MR) is 74.4 cm³/mol. The Hall–Kier alpha value is -1.75. The lowest BCUT2D eigenvalue weighted by atomic mass is 10.0. The van der Waals surface area contributed by atoms with Gasteiger partial charge in [-0.3, -0.25) is 0 Å². The van der Waals surface area contributed by atoms with Crippen LogP contribution in [0.3, 0.4) is 0 Å². The number of rotatable bonds is 7. The number of H-pyrrole nitrogens is 1. The van der Waals surface area contributed by atoms with Crippen LogP contribution in [0.2, 0.25) is 0 Å². The summed E-state index contributed by atoms with van der Waals surface area (Å²) in [4.78, 5) is 0. The average Bonchev–Trinajstić information content (AvgIpc) is 2.98. The SMILES string of the molecule is CCCCC(NC(C)c1nn[nH]n1)c1ccccc1. The van der Waals surface area contributed by atoms with Gasteiger partial charge in [0, 0.05) is 6.04 Å². The molecule has 2 unspecified atom stereocenters. The Bertz CT molecular complexity index is 454. The maximum Gasteiger partial charge on any atom is 0.191 e. The van der Waals surface area contributed by atoms with E-state index in [1.807, 2.05) is 6.07 Å². The van der Waals surface area contributed by atoms with Crippen molar-refractivity contribution >= 4 is 0 Å². The lowest BCUT2D eigenvalue weighted by molar-refractivity contribution is 0.420. The van der Waals surface area contributed by atoms with Gasteiger partial charge in [-0.2, -0.15) is 5.21 Å². The molecule has 2 atom stereocenters. The van der Waals surface area contributed by atoms with Crippen LogP contribution in [-0.2, 0) is 0 Å². The molecule has 0 radical (unpaired) electrons. The fraction of sp³-hybridized carbons (Fsp3) is 0.500. The Labute approximate surface area is 113 Å². The van der Waals surface area contributed by atoms with Crippen molar-refractivity contribution in [2.24, 2.45) is 0 Å². The number of nitrogens with one attached hydrogen (secondary N) is 2. The van der Waals surface area contributed by atoms with Crippen LogP contribution in [0.4, 0.5) is 0 Å². The molecule has 1 heterocycles. The topological polar surface area (TPSA) is 66.5 Å². The van der Waals surface area contributed by atoms with Crippen molar-refractivity contribution in [3.8, 4) is 0 Å². The van der Waals surface area contributed by atoms with E-state index in [4.69, 9.17) is 0 Å². The lowest BCUT2D eigenvalue weighted by Gasteiger charge is -2.22. The molecule has 5 heteroatoms. The van der Waals surface area contributed by atoms with Crippen molar-refractivity contribution in [1.82, 2.24) is 25.9 Å². The molecule has 0 saturated heterocycles. The molecule has 1 aromatic heterocycles. The maximum atomic E-state index is 4.03. The van der Waals surface area contributed by atoms with Crippen LogP contribution >= 0.6 is 0 Å². The molecule has 0 bridgehead atoms. The highest BCUT2D eigenvalue weighted by atomic mass is 15.5. The third-order valence-electron chi connectivity index (χ3n) is 3.25. The minimum atomic E-state index is 0.0841. The van der Waals surface area contributed by atoms with Gasteiger partial charge in [0.1, 0.15) is 0 Å². The summed E-state index contributed by atoms with van der Waals surface area (Å²) in [6.45, 7) is 4.28. The minimum absolute atomic E-state index is 0.0841. The van der Waals surface area contributed by atoms with Crippen LogP contribution in [0.5, 0.6) is 0 Å². The van der Waals surface area contributed by atoms with Crippen LogP contribution in [0.1, 0.15) is 56.6 Å². The average molecular weight is 259 g/mol. The first kappa shape index (κ1) is 13.7. The van der Waals surface area contributed by atoms with Crippen LogP contribution in [0, 0.1) is 0 Å². The Morgan fingerprint density at radius 1 is 1.26 bits per heavy atom. The van der Waals surface area contributed by atoms with Gasteiger partial charge < -0.3 is 5.32 Å². The summed E-state index contributed by atoms with van der Waals surface area (Å²) in [5.74, 6) is 0.706. The fourth-order valence-electron chi connectivity index (χ4n) is 2.17. The standard InChI is InChI=1S/C14H21N5/c1-3-4-10-13(12-8-6-5-7-9-12)15-11(2)14-16-18-19-17-14/h5-9,11,13,15H,3-4,10H2,1-2H3,(H,16,17,18,19). The zero-order valence-corrected chi connectivity index (χ0v) is 11.5. The molecule has 2 N–H and O–H groups in total. The van der Waals surface area contributed by atoms with Gasteiger partial charge in [0.15, 0.2) is 5.82 Å². The predicted octanol–water partition coefficient (Wildman–Crippen LogP) is 2.78. The molecule has 102 valence electrons. The third kappa shape index (κ3) is 3.86. The quantitative estimate of drug-likeness (QED) is 0.802. The number of aromatic nitrogens is 4. The zero-order valence-electron chi connectivity index (χ0n) is 11.5. The molecular formula is C14H21N5. The smallest absolute Gasteiger partial charge is 0.191 e. The van der Waals surface area contributed by atoms with Crippen molar-refractivity contribution in [3.63, 3.8) is 0 Å². The highest BCUT2D eigenvalue weighted by molar-refractivity contribution is 5.19. The lowest BCUT2D eigenvalue weighted by Crippen LogP contribution is -2.25. The molecular weight excluding hydrogens is 238 g/mol. The highest BCUT2D eigenvalue weighted by Crippen LogP contribution is 2.22. The second-order valence-corrected chi connectivity index (χ2v) is 4.76. The highest BCUT2D eigenvalue weighted by Gasteiger charge is 2.17. The Kier molecular flexibility index (Phi) is 5.03. The summed E-state index contributed by atoms with van der Waals surface area (Å²) in [6, 6.07) is 10.9. The van der Waals surface area contributed by atoms with Crippen molar-refractivity contribution in [3.05, 3.63) is 41.7 Å². The van der Waals surface area contributed by atoms with Gasteiger partial charge in [-0.1, -0.05) is 55.3 Å². The van der Waals surface area contributed by atoms with E-state index in [1.165, 1.54) is 18.4 Å². The van der Waals surface area contributed by atoms with E-state index < -0.39 is 0 Å². The molecule has 0 aliphatic carbocycles. The Balaban J connectivity index is 2.05. The largest absolute Gasteiger partial charge is 0.300 e. The molecule has 0 fully saturated rings. The number of aromatic amines is 1. The first-order chi connectivity index (χ1) is 9.31. The molecule has 0 amide bonds. The summed E-state index contributed by atoms with van der Waals surface area (Å²) in [6.07, 6.45) is 3.51. The molecule has 0 saturated carbocycles. The van der Waals surface area contributed by atoms with E-state index in [9.17, 15) is 0 Å². The molecule has 0 aliphatic heterocycles. The molecule has 0 aliphatic rings. The molecule has 19 heavy (non-hydrogen) atoms. The van der Waals surface area contributed by atoms with Gasteiger partial charge in [-0.15, -0.1) is 10.2 Å². The van der Waals surface area contributed by atoms with Crippen molar-refractivity contribution in [1.29, 1.82) is 0 Å². The van der Waals surface area contributed by atoms with Gasteiger partial charge in [-0.05, 0) is 18.9 Å². The zero-order chi connectivity index (χ0) is 13.5. The van der Waals surface area contributed by atoms with Crippen LogP contribution in [-0.4, -0.2) is 20.6 Å². The van der Waals surface area contributed by atoms with Gasteiger partial charge in [0.2, 0.25) is 0 Å². The van der Waals surface area contributed by atoms with Gasteiger partial charge in [-0.25, -0.2) is 0 Å². The van der Waals surface area contributed by atoms with E-state index in [1.54, 1.807) is 0 Å². The number of unbranched alkanes of at least 4 members (excludes halogenated alkanes) is 1. The summed E-state index contributed by atoms with van der Waals surface area (Å²) in [5, 5.41) is 17.8. The summed E-state index contributed by atoms with van der Waals surface area (Å²) in [5.41, 5.74) is 1.31.